The molecular formula is C60H113NO5. The van der Waals surface area contributed by atoms with E-state index in [2.05, 4.69) is 55.6 Å². The number of amides is 1. The standard InChI is InChI=1S/C60H113NO5/c1-3-5-7-9-11-13-15-17-28-32-36-40-44-48-52-58(63)57(56-62)61-59(64)53-49-45-41-37-33-29-26-24-22-20-19-21-23-25-27-31-35-39-43-47-51-55-66-60(65)54-50-46-42-38-34-30-18-16-14-12-10-8-6-4-2/h10,12,16,18,20,22,57-58,62-63H,3-9,11,13-15,17,19,21,23-56H2,1-2H3,(H,61,64)/b12-10-,18-16-,22-20-. The molecule has 0 aliphatic heterocycles. The summed E-state index contributed by atoms with van der Waals surface area (Å²) in [6, 6.07) is -0.547. The second kappa shape index (κ2) is 55.7. The fourth-order valence-corrected chi connectivity index (χ4v) is 8.89. The number of hydrogen-bond acceptors (Lipinski definition) is 5. The predicted octanol–water partition coefficient (Wildman–Crippen LogP) is 18.0. The van der Waals surface area contributed by atoms with Gasteiger partial charge in [-0.25, -0.2) is 0 Å². The molecule has 0 aromatic rings. The molecule has 2 atom stereocenters. The van der Waals surface area contributed by atoms with Crippen LogP contribution in [0.5, 0.6) is 0 Å². The van der Waals surface area contributed by atoms with Gasteiger partial charge in [0, 0.05) is 12.8 Å². The largest absolute Gasteiger partial charge is 0.466 e. The zero-order chi connectivity index (χ0) is 47.9. The zero-order valence-electron chi connectivity index (χ0n) is 44.2. The summed E-state index contributed by atoms with van der Waals surface area (Å²) in [7, 11) is 0. The molecule has 0 radical (unpaired) electrons. The van der Waals surface area contributed by atoms with Gasteiger partial charge in [-0.3, -0.25) is 9.59 Å². The zero-order valence-corrected chi connectivity index (χ0v) is 44.2. The highest BCUT2D eigenvalue weighted by Gasteiger charge is 2.20. The van der Waals surface area contributed by atoms with Gasteiger partial charge in [-0.05, 0) is 77.0 Å². The third-order valence-corrected chi connectivity index (χ3v) is 13.4. The molecule has 0 rings (SSSR count). The van der Waals surface area contributed by atoms with E-state index in [4.69, 9.17) is 4.74 Å². The van der Waals surface area contributed by atoms with Crippen molar-refractivity contribution in [3.63, 3.8) is 0 Å². The number of aliphatic hydroxyl groups is 2. The highest BCUT2D eigenvalue weighted by molar-refractivity contribution is 5.76. The van der Waals surface area contributed by atoms with Crippen molar-refractivity contribution >= 4 is 11.9 Å². The molecule has 3 N–H and O–H groups in total. The first kappa shape index (κ1) is 64.1. The summed E-state index contributed by atoms with van der Waals surface area (Å²) < 4.78 is 5.47. The van der Waals surface area contributed by atoms with E-state index in [1.165, 1.54) is 225 Å². The number of allylic oxidation sites excluding steroid dienone is 6. The number of nitrogens with one attached hydrogen (secondary N) is 1. The molecule has 0 aromatic carbocycles. The molecular weight excluding hydrogens is 815 g/mol. The minimum Gasteiger partial charge on any atom is -0.466 e. The van der Waals surface area contributed by atoms with Gasteiger partial charge in [0.05, 0.1) is 25.4 Å². The van der Waals surface area contributed by atoms with Crippen LogP contribution < -0.4 is 5.32 Å². The highest BCUT2D eigenvalue weighted by Crippen LogP contribution is 2.17. The van der Waals surface area contributed by atoms with E-state index >= 15 is 0 Å². The first-order valence-electron chi connectivity index (χ1n) is 29.2. The lowest BCUT2D eigenvalue weighted by Gasteiger charge is -2.22. The lowest BCUT2D eigenvalue weighted by Crippen LogP contribution is -2.45. The second-order valence-electron chi connectivity index (χ2n) is 20.0. The number of hydrogen-bond donors (Lipinski definition) is 3. The topological polar surface area (TPSA) is 95.9 Å². The molecule has 6 nitrogen and oxygen atoms in total. The molecule has 0 fully saturated rings. The number of esters is 1. The molecule has 0 aliphatic carbocycles. The van der Waals surface area contributed by atoms with Crippen LogP contribution >= 0.6 is 0 Å². The van der Waals surface area contributed by atoms with Crippen molar-refractivity contribution in [2.45, 2.75) is 321 Å². The summed E-state index contributed by atoms with van der Waals surface area (Å²) in [6.07, 6.45) is 68.5. The van der Waals surface area contributed by atoms with Crippen LogP contribution in [0.3, 0.4) is 0 Å². The van der Waals surface area contributed by atoms with Crippen molar-refractivity contribution in [1.82, 2.24) is 5.32 Å². The lowest BCUT2D eigenvalue weighted by molar-refractivity contribution is -0.143. The van der Waals surface area contributed by atoms with E-state index in [1.807, 2.05) is 0 Å². The Bertz CT molecular complexity index is 1070. The molecule has 2 unspecified atom stereocenters. The Morgan fingerprint density at radius 1 is 0.424 bits per heavy atom. The number of rotatable bonds is 54. The van der Waals surface area contributed by atoms with E-state index in [0.29, 0.717) is 25.9 Å². The van der Waals surface area contributed by atoms with Gasteiger partial charge in [-0.15, -0.1) is 0 Å². The molecule has 388 valence electrons. The third-order valence-electron chi connectivity index (χ3n) is 13.4. The number of carbonyl (C=O) groups is 2. The minimum absolute atomic E-state index is 0.00658. The van der Waals surface area contributed by atoms with Crippen LogP contribution in [0.15, 0.2) is 36.5 Å². The summed E-state index contributed by atoms with van der Waals surface area (Å²) >= 11 is 0. The first-order valence-corrected chi connectivity index (χ1v) is 29.2. The number of carbonyl (C=O) groups excluding carboxylic acids is 2. The maximum Gasteiger partial charge on any atom is 0.305 e. The Labute approximate surface area is 411 Å². The van der Waals surface area contributed by atoms with Crippen LogP contribution in [-0.2, 0) is 14.3 Å². The Balaban J connectivity index is 3.43. The summed E-state index contributed by atoms with van der Waals surface area (Å²) in [5.74, 6) is -0.0491. The van der Waals surface area contributed by atoms with Crippen LogP contribution in [0, 0.1) is 0 Å². The second-order valence-corrected chi connectivity index (χ2v) is 20.0. The van der Waals surface area contributed by atoms with E-state index in [-0.39, 0.29) is 18.5 Å². The molecule has 0 bridgehead atoms. The Morgan fingerprint density at radius 2 is 0.773 bits per heavy atom. The molecule has 0 heterocycles. The lowest BCUT2D eigenvalue weighted by atomic mass is 10.0. The number of unbranched alkanes of at least 4 members (excludes halogenated alkanes) is 37. The first-order chi connectivity index (χ1) is 32.5. The van der Waals surface area contributed by atoms with Crippen molar-refractivity contribution in [3.8, 4) is 0 Å². The van der Waals surface area contributed by atoms with Gasteiger partial charge in [-0.2, -0.15) is 0 Å². The number of aliphatic hydroxyl groups excluding tert-OH is 2. The maximum absolute atomic E-state index is 12.5. The van der Waals surface area contributed by atoms with Crippen LogP contribution in [-0.4, -0.2) is 47.4 Å². The van der Waals surface area contributed by atoms with Crippen LogP contribution in [0.4, 0.5) is 0 Å². The molecule has 0 saturated heterocycles. The van der Waals surface area contributed by atoms with Crippen molar-refractivity contribution in [3.05, 3.63) is 36.5 Å². The molecule has 0 spiro atoms. The Morgan fingerprint density at radius 3 is 1.21 bits per heavy atom. The van der Waals surface area contributed by atoms with Crippen molar-refractivity contribution in [1.29, 1.82) is 0 Å². The van der Waals surface area contributed by atoms with Gasteiger partial charge in [0.25, 0.3) is 0 Å². The third kappa shape index (κ3) is 51.5. The summed E-state index contributed by atoms with van der Waals surface area (Å²) in [5, 5.41) is 23.2. The van der Waals surface area contributed by atoms with Gasteiger partial charge in [-0.1, -0.05) is 256 Å². The van der Waals surface area contributed by atoms with Crippen molar-refractivity contribution < 1.29 is 24.5 Å². The average molecular weight is 929 g/mol. The molecule has 1 amide bonds. The van der Waals surface area contributed by atoms with E-state index in [0.717, 1.165) is 51.4 Å². The van der Waals surface area contributed by atoms with Crippen molar-refractivity contribution in [2.24, 2.45) is 0 Å². The van der Waals surface area contributed by atoms with Gasteiger partial charge in [0.1, 0.15) is 0 Å². The van der Waals surface area contributed by atoms with Gasteiger partial charge in [0.2, 0.25) is 5.91 Å². The van der Waals surface area contributed by atoms with Crippen LogP contribution in [0.2, 0.25) is 0 Å². The molecule has 0 aliphatic rings. The molecule has 66 heavy (non-hydrogen) atoms. The van der Waals surface area contributed by atoms with Crippen LogP contribution in [0.1, 0.15) is 309 Å². The highest BCUT2D eigenvalue weighted by atomic mass is 16.5. The molecule has 0 saturated carbocycles. The maximum atomic E-state index is 12.5. The van der Waals surface area contributed by atoms with Gasteiger partial charge in [0.15, 0.2) is 0 Å². The normalized spacial score (nSPS) is 12.8. The summed E-state index contributed by atoms with van der Waals surface area (Å²) in [6.45, 7) is 4.90. The quantitative estimate of drug-likeness (QED) is 0.0321. The molecule has 6 heteroatoms. The fraction of sp³-hybridized carbons (Fsp3) is 0.867. The van der Waals surface area contributed by atoms with E-state index in [9.17, 15) is 19.8 Å². The Kier molecular flexibility index (Phi) is 54.1. The predicted molar refractivity (Wildman–Crippen MR) is 287 cm³/mol. The van der Waals surface area contributed by atoms with Gasteiger partial charge >= 0.3 is 5.97 Å². The average Bonchev–Trinajstić information content (AvgIpc) is 3.32. The Hall–Kier alpha value is -1.92. The summed E-state index contributed by atoms with van der Waals surface area (Å²) in [5.41, 5.74) is 0. The van der Waals surface area contributed by atoms with Crippen molar-refractivity contribution in [2.75, 3.05) is 13.2 Å². The van der Waals surface area contributed by atoms with E-state index in [1.54, 1.807) is 0 Å². The fourth-order valence-electron chi connectivity index (χ4n) is 8.89. The minimum atomic E-state index is -0.669. The smallest absolute Gasteiger partial charge is 0.305 e. The van der Waals surface area contributed by atoms with E-state index < -0.39 is 12.1 Å². The SMILES string of the molecule is CCCC/C=C\C/C=C\CCCCCCCC(=O)OCCCCCCCCCCCC/C=C\CCCCCCCCCC(=O)NC(CO)C(O)CCCCCCCCCCCCCCCC. The molecule has 0 aromatic heterocycles. The number of ether oxygens (including phenoxy) is 1. The monoisotopic (exact) mass is 928 g/mol. The van der Waals surface area contributed by atoms with Gasteiger partial charge < -0.3 is 20.3 Å². The summed E-state index contributed by atoms with van der Waals surface area (Å²) in [4.78, 5) is 24.5. The van der Waals surface area contributed by atoms with Crippen LogP contribution in [0.25, 0.3) is 0 Å².